The quantitative estimate of drug-likeness (QED) is 0.809. The Balaban J connectivity index is 2.96. The van der Waals surface area contributed by atoms with Gasteiger partial charge in [-0.25, -0.2) is 0 Å². The van der Waals surface area contributed by atoms with E-state index >= 15 is 0 Å². The minimum Gasteiger partial charge on any atom is -0.374 e. The van der Waals surface area contributed by atoms with Crippen LogP contribution in [-0.2, 0) is 11.3 Å². The van der Waals surface area contributed by atoms with Gasteiger partial charge in [0, 0.05) is 12.5 Å². The maximum absolute atomic E-state index is 5.68. The summed E-state index contributed by atoms with van der Waals surface area (Å²) in [5.74, 6) is 1.34. The average molecular weight is 243 g/mol. The van der Waals surface area contributed by atoms with Crippen molar-refractivity contribution >= 4 is 12.2 Å². The highest BCUT2D eigenvalue weighted by Gasteiger charge is 2.21. The molecule has 0 fully saturated rings. The summed E-state index contributed by atoms with van der Waals surface area (Å²) in [6, 6.07) is 0. The SMILES string of the molecule is CCOC(C)(C)Cn1c(C(C)C)n[nH]c1=S. The van der Waals surface area contributed by atoms with Gasteiger partial charge in [0.05, 0.1) is 12.1 Å². The van der Waals surface area contributed by atoms with E-state index in [1.807, 2.05) is 11.5 Å². The molecule has 0 saturated carbocycles. The predicted molar refractivity (Wildman–Crippen MR) is 67.2 cm³/mol. The second-order valence-corrected chi connectivity index (χ2v) is 5.21. The van der Waals surface area contributed by atoms with Crippen molar-refractivity contribution in [2.45, 2.75) is 52.7 Å². The Bertz CT molecular complexity index is 392. The van der Waals surface area contributed by atoms with Crippen molar-refractivity contribution < 1.29 is 4.74 Å². The van der Waals surface area contributed by atoms with Gasteiger partial charge in [0.25, 0.3) is 0 Å². The van der Waals surface area contributed by atoms with Crippen LogP contribution in [0.2, 0.25) is 0 Å². The lowest BCUT2D eigenvalue weighted by atomic mass is 10.1. The highest BCUT2D eigenvalue weighted by Crippen LogP contribution is 2.17. The van der Waals surface area contributed by atoms with Gasteiger partial charge in [0.1, 0.15) is 5.82 Å². The fraction of sp³-hybridized carbons (Fsp3) is 0.818. The van der Waals surface area contributed by atoms with Gasteiger partial charge < -0.3 is 9.30 Å². The first-order valence-corrected chi connectivity index (χ1v) is 6.07. The molecule has 1 aromatic heterocycles. The molecule has 4 nitrogen and oxygen atoms in total. The monoisotopic (exact) mass is 243 g/mol. The number of aromatic nitrogens is 3. The van der Waals surface area contributed by atoms with E-state index in [1.165, 1.54) is 0 Å². The molecule has 1 heterocycles. The average Bonchev–Trinajstić information content (AvgIpc) is 2.47. The zero-order valence-electron chi connectivity index (χ0n) is 10.7. The van der Waals surface area contributed by atoms with Crippen molar-refractivity contribution in [2.75, 3.05) is 6.61 Å². The molecule has 1 rings (SSSR count). The van der Waals surface area contributed by atoms with E-state index in [4.69, 9.17) is 17.0 Å². The van der Waals surface area contributed by atoms with Crippen LogP contribution < -0.4 is 0 Å². The number of hydrogen-bond donors (Lipinski definition) is 1. The number of H-pyrrole nitrogens is 1. The minimum atomic E-state index is -0.222. The third-order valence-electron chi connectivity index (χ3n) is 2.38. The standard InChI is InChI=1S/C11H21N3OS/c1-6-15-11(4,5)7-14-9(8(2)3)12-13-10(14)16/h8H,6-7H2,1-5H3,(H,13,16). The van der Waals surface area contributed by atoms with E-state index in [0.29, 0.717) is 17.3 Å². The Morgan fingerprint density at radius 1 is 1.50 bits per heavy atom. The molecular weight excluding hydrogens is 222 g/mol. The molecule has 0 aromatic carbocycles. The number of rotatable bonds is 5. The number of ether oxygens (including phenoxy) is 1. The third kappa shape index (κ3) is 3.15. The molecule has 1 aromatic rings. The maximum Gasteiger partial charge on any atom is 0.195 e. The van der Waals surface area contributed by atoms with Crippen LogP contribution in [0, 0.1) is 4.77 Å². The summed E-state index contributed by atoms with van der Waals surface area (Å²) in [6.07, 6.45) is 0. The lowest BCUT2D eigenvalue weighted by molar-refractivity contribution is -0.0233. The molecule has 0 bridgehead atoms. The van der Waals surface area contributed by atoms with E-state index in [2.05, 4.69) is 37.9 Å². The van der Waals surface area contributed by atoms with Gasteiger partial charge in [0.15, 0.2) is 4.77 Å². The van der Waals surface area contributed by atoms with Crippen LogP contribution in [0.5, 0.6) is 0 Å². The topological polar surface area (TPSA) is 42.8 Å². The fourth-order valence-electron chi connectivity index (χ4n) is 1.74. The second kappa shape index (κ2) is 5.10. The van der Waals surface area contributed by atoms with Gasteiger partial charge in [-0.05, 0) is 33.0 Å². The Labute approximate surface area is 102 Å². The van der Waals surface area contributed by atoms with Gasteiger partial charge in [-0.3, -0.25) is 5.10 Å². The molecular formula is C11H21N3OS. The van der Waals surface area contributed by atoms with E-state index in [0.717, 1.165) is 12.4 Å². The summed E-state index contributed by atoms with van der Waals surface area (Å²) in [6.45, 7) is 11.8. The molecule has 16 heavy (non-hydrogen) atoms. The third-order valence-corrected chi connectivity index (χ3v) is 2.69. The van der Waals surface area contributed by atoms with E-state index in [1.54, 1.807) is 0 Å². The Kier molecular flexibility index (Phi) is 4.27. The molecule has 1 N–H and O–H groups in total. The lowest BCUT2D eigenvalue weighted by Gasteiger charge is -2.26. The summed E-state index contributed by atoms with van der Waals surface area (Å²) < 4.78 is 8.37. The van der Waals surface area contributed by atoms with Crippen molar-refractivity contribution in [1.29, 1.82) is 0 Å². The number of nitrogens with one attached hydrogen (secondary N) is 1. The van der Waals surface area contributed by atoms with Gasteiger partial charge in [-0.2, -0.15) is 5.10 Å². The molecule has 0 atom stereocenters. The Morgan fingerprint density at radius 3 is 2.62 bits per heavy atom. The van der Waals surface area contributed by atoms with E-state index < -0.39 is 0 Å². The first kappa shape index (κ1) is 13.4. The van der Waals surface area contributed by atoms with Crippen molar-refractivity contribution in [3.05, 3.63) is 10.6 Å². The molecule has 0 spiro atoms. The fourth-order valence-corrected chi connectivity index (χ4v) is 1.94. The lowest BCUT2D eigenvalue weighted by Crippen LogP contribution is -2.31. The molecule has 0 radical (unpaired) electrons. The Morgan fingerprint density at radius 2 is 2.12 bits per heavy atom. The highest BCUT2D eigenvalue weighted by molar-refractivity contribution is 7.71. The number of hydrogen-bond acceptors (Lipinski definition) is 3. The normalized spacial score (nSPS) is 12.4. The van der Waals surface area contributed by atoms with Crippen molar-refractivity contribution in [3.8, 4) is 0 Å². The first-order valence-electron chi connectivity index (χ1n) is 5.66. The molecule has 0 amide bonds. The molecule has 0 saturated heterocycles. The zero-order chi connectivity index (χ0) is 12.3. The molecule has 0 aliphatic heterocycles. The van der Waals surface area contributed by atoms with Crippen LogP contribution in [0.4, 0.5) is 0 Å². The van der Waals surface area contributed by atoms with Crippen LogP contribution in [0.25, 0.3) is 0 Å². The molecule has 0 aliphatic carbocycles. The summed E-state index contributed by atoms with van der Waals surface area (Å²) in [7, 11) is 0. The van der Waals surface area contributed by atoms with Gasteiger partial charge in [-0.1, -0.05) is 13.8 Å². The van der Waals surface area contributed by atoms with Crippen molar-refractivity contribution in [2.24, 2.45) is 0 Å². The van der Waals surface area contributed by atoms with Crippen LogP contribution in [0.3, 0.4) is 0 Å². The zero-order valence-corrected chi connectivity index (χ0v) is 11.5. The van der Waals surface area contributed by atoms with Crippen LogP contribution in [0.1, 0.15) is 46.4 Å². The summed E-state index contributed by atoms with van der Waals surface area (Å²) in [5, 5.41) is 7.09. The number of nitrogens with zero attached hydrogens (tertiary/aromatic N) is 2. The van der Waals surface area contributed by atoms with Gasteiger partial charge in [-0.15, -0.1) is 0 Å². The van der Waals surface area contributed by atoms with Crippen LogP contribution in [-0.4, -0.2) is 27.0 Å². The number of aromatic amines is 1. The molecule has 5 heteroatoms. The van der Waals surface area contributed by atoms with Crippen LogP contribution >= 0.6 is 12.2 Å². The Hall–Kier alpha value is -0.680. The van der Waals surface area contributed by atoms with E-state index in [-0.39, 0.29) is 5.60 Å². The molecule has 0 unspecified atom stereocenters. The van der Waals surface area contributed by atoms with E-state index in [9.17, 15) is 0 Å². The van der Waals surface area contributed by atoms with Gasteiger partial charge >= 0.3 is 0 Å². The smallest absolute Gasteiger partial charge is 0.195 e. The minimum absolute atomic E-state index is 0.222. The maximum atomic E-state index is 5.68. The predicted octanol–water partition coefficient (Wildman–Crippen LogP) is 2.88. The first-order chi connectivity index (χ1) is 7.37. The summed E-state index contributed by atoms with van der Waals surface area (Å²) in [5.41, 5.74) is -0.222. The second-order valence-electron chi connectivity index (χ2n) is 4.82. The summed E-state index contributed by atoms with van der Waals surface area (Å²) >= 11 is 5.23. The van der Waals surface area contributed by atoms with Crippen molar-refractivity contribution in [3.63, 3.8) is 0 Å². The molecule has 0 aliphatic rings. The van der Waals surface area contributed by atoms with Gasteiger partial charge in [0.2, 0.25) is 0 Å². The van der Waals surface area contributed by atoms with Crippen LogP contribution in [0.15, 0.2) is 0 Å². The van der Waals surface area contributed by atoms with Crippen molar-refractivity contribution in [1.82, 2.24) is 14.8 Å². The largest absolute Gasteiger partial charge is 0.374 e. The molecule has 92 valence electrons. The summed E-state index contributed by atoms with van der Waals surface area (Å²) in [4.78, 5) is 0. The highest BCUT2D eigenvalue weighted by atomic mass is 32.1.